The van der Waals surface area contributed by atoms with Crippen molar-refractivity contribution in [1.29, 1.82) is 5.26 Å². The van der Waals surface area contributed by atoms with Crippen LogP contribution in [0.25, 0.3) is 0 Å². The second kappa shape index (κ2) is 7.76. The van der Waals surface area contributed by atoms with Crippen molar-refractivity contribution in [3.05, 3.63) is 46.2 Å². The maximum Gasteiger partial charge on any atom is 0.324 e. The molecule has 3 N–H and O–H groups in total. The van der Waals surface area contributed by atoms with Gasteiger partial charge in [0.25, 0.3) is 0 Å². The first-order valence-electron chi connectivity index (χ1n) is 8.00. The Bertz CT molecular complexity index is 784. The Morgan fingerprint density at radius 2 is 1.96 bits per heavy atom. The lowest BCUT2D eigenvalue weighted by Gasteiger charge is -2.27. The quantitative estimate of drug-likeness (QED) is 0.805. The molecule has 2 heterocycles. The summed E-state index contributed by atoms with van der Waals surface area (Å²) in [5.41, 5.74) is 6.75. The topological polar surface area (TPSA) is 108 Å². The maximum atomic E-state index is 13.2. The number of nitrogens with two attached hydrogens (primary N) is 1. The van der Waals surface area contributed by atoms with E-state index in [0.717, 1.165) is 11.8 Å². The van der Waals surface area contributed by atoms with Gasteiger partial charge < -0.3 is 15.4 Å². The maximum absolute atomic E-state index is 13.2. The second-order valence-electron chi connectivity index (χ2n) is 5.85. The van der Waals surface area contributed by atoms with Crippen molar-refractivity contribution < 1.29 is 18.7 Å². The van der Waals surface area contributed by atoms with E-state index in [4.69, 9.17) is 10.5 Å². The normalized spacial score (nSPS) is 22.8. The van der Waals surface area contributed by atoms with Gasteiger partial charge in [-0.25, -0.2) is 9.18 Å². The van der Waals surface area contributed by atoms with Gasteiger partial charge in [0, 0.05) is 19.0 Å². The molecule has 9 heteroatoms. The summed E-state index contributed by atoms with van der Waals surface area (Å²) >= 11 is 1.04. The van der Waals surface area contributed by atoms with Crippen molar-refractivity contribution in [3.8, 4) is 6.07 Å². The van der Waals surface area contributed by atoms with Crippen LogP contribution < -0.4 is 11.1 Å². The summed E-state index contributed by atoms with van der Waals surface area (Å²) in [6, 6.07) is 7.08. The standard InChI is InChI=1S/C17H17FN4O3S/c18-11-3-1-10(2-4-11)13-12(9-19)15(20)26-14(13)16(23)21-17(24)22-5-7-25-8-6-22/h1-4,13-14H,5-8,20H2,(H,21,23,24). The number of halogens is 1. The summed E-state index contributed by atoms with van der Waals surface area (Å²) in [6.45, 7) is 1.65. The number of nitrogens with one attached hydrogen (secondary N) is 1. The van der Waals surface area contributed by atoms with Crippen molar-refractivity contribution in [2.45, 2.75) is 11.2 Å². The number of rotatable bonds is 2. The average molecular weight is 376 g/mol. The molecule has 1 saturated heterocycles. The number of carbonyl (C=O) groups excluding carboxylic acids is 2. The molecule has 26 heavy (non-hydrogen) atoms. The number of imide groups is 1. The lowest BCUT2D eigenvalue weighted by Crippen LogP contribution is -2.50. The fourth-order valence-corrected chi connectivity index (χ4v) is 4.10. The smallest absolute Gasteiger partial charge is 0.324 e. The molecule has 1 aromatic carbocycles. The highest BCUT2D eigenvalue weighted by Crippen LogP contribution is 2.45. The fourth-order valence-electron chi connectivity index (χ4n) is 2.94. The monoisotopic (exact) mass is 376 g/mol. The molecule has 1 aromatic rings. The molecule has 0 aliphatic carbocycles. The molecule has 2 atom stereocenters. The number of nitriles is 1. The van der Waals surface area contributed by atoms with Gasteiger partial charge >= 0.3 is 6.03 Å². The number of hydrogen-bond donors (Lipinski definition) is 2. The van der Waals surface area contributed by atoms with Crippen molar-refractivity contribution >= 4 is 23.7 Å². The van der Waals surface area contributed by atoms with E-state index in [1.54, 1.807) is 0 Å². The van der Waals surface area contributed by atoms with E-state index < -0.39 is 28.9 Å². The van der Waals surface area contributed by atoms with Crippen molar-refractivity contribution in [2.75, 3.05) is 26.3 Å². The molecule has 7 nitrogen and oxygen atoms in total. The molecule has 0 aromatic heterocycles. The van der Waals surface area contributed by atoms with Gasteiger partial charge in [-0.2, -0.15) is 5.26 Å². The zero-order chi connectivity index (χ0) is 18.7. The Morgan fingerprint density at radius 3 is 2.58 bits per heavy atom. The fraction of sp³-hybridized carbons (Fsp3) is 0.353. The average Bonchev–Trinajstić information content (AvgIpc) is 2.99. The zero-order valence-corrected chi connectivity index (χ0v) is 14.6. The van der Waals surface area contributed by atoms with E-state index in [-0.39, 0.29) is 10.6 Å². The Kier molecular flexibility index (Phi) is 5.44. The van der Waals surface area contributed by atoms with Crippen LogP contribution in [0.4, 0.5) is 9.18 Å². The third kappa shape index (κ3) is 3.66. The largest absolute Gasteiger partial charge is 0.393 e. The number of allylic oxidation sites excluding steroid dienone is 1. The molecule has 136 valence electrons. The van der Waals surface area contributed by atoms with E-state index in [0.29, 0.717) is 31.9 Å². The molecule has 0 saturated carbocycles. The van der Waals surface area contributed by atoms with Gasteiger partial charge in [-0.1, -0.05) is 23.9 Å². The van der Waals surface area contributed by atoms with Gasteiger partial charge in [0.15, 0.2) is 0 Å². The van der Waals surface area contributed by atoms with Crippen molar-refractivity contribution in [3.63, 3.8) is 0 Å². The van der Waals surface area contributed by atoms with Crippen LogP contribution in [-0.4, -0.2) is 48.4 Å². The Morgan fingerprint density at radius 1 is 1.31 bits per heavy atom. The first-order valence-corrected chi connectivity index (χ1v) is 8.88. The number of urea groups is 1. The number of morpholine rings is 1. The van der Waals surface area contributed by atoms with Crippen LogP contribution in [0.1, 0.15) is 11.5 Å². The highest BCUT2D eigenvalue weighted by Gasteiger charge is 2.41. The summed E-state index contributed by atoms with van der Waals surface area (Å²) in [5.74, 6) is -1.59. The molecule has 2 unspecified atom stereocenters. The number of hydrogen-bond acceptors (Lipinski definition) is 6. The molecule has 0 radical (unpaired) electrons. The number of nitrogens with zero attached hydrogens (tertiary/aromatic N) is 2. The second-order valence-corrected chi connectivity index (χ2v) is 7.03. The predicted octanol–water partition coefficient (Wildman–Crippen LogP) is 1.29. The van der Waals surface area contributed by atoms with Gasteiger partial charge in [0.1, 0.15) is 11.1 Å². The molecule has 3 amide bonds. The summed E-state index contributed by atoms with van der Waals surface area (Å²) < 4.78 is 18.4. The third-order valence-corrected chi connectivity index (χ3v) is 5.48. The van der Waals surface area contributed by atoms with Crippen LogP contribution in [0, 0.1) is 17.1 Å². The van der Waals surface area contributed by atoms with Gasteiger partial charge in [-0.05, 0) is 17.7 Å². The van der Waals surface area contributed by atoms with E-state index in [9.17, 15) is 19.2 Å². The van der Waals surface area contributed by atoms with E-state index in [1.807, 2.05) is 6.07 Å². The Labute approximate surface area is 154 Å². The molecule has 0 bridgehead atoms. The van der Waals surface area contributed by atoms with Gasteiger partial charge in [-0.15, -0.1) is 0 Å². The first kappa shape index (κ1) is 18.2. The van der Waals surface area contributed by atoms with Crippen molar-refractivity contribution in [2.24, 2.45) is 5.73 Å². The van der Waals surface area contributed by atoms with E-state index >= 15 is 0 Å². The lowest BCUT2D eigenvalue weighted by atomic mass is 9.88. The van der Waals surface area contributed by atoms with Crippen LogP contribution in [0.15, 0.2) is 34.9 Å². The first-order chi connectivity index (χ1) is 12.5. The molecule has 3 rings (SSSR count). The highest BCUT2D eigenvalue weighted by atomic mass is 32.2. The molecular formula is C17H17FN4O3S. The molecule has 1 fully saturated rings. The van der Waals surface area contributed by atoms with E-state index in [2.05, 4.69) is 5.32 Å². The Hall–Kier alpha value is -2.57. The minimum absolute atomic E-state index is 0.237. The summed E-state index contributed by atoms with van der Waals surface area (Å²) in [5, 5.41) is 11.2. The number of ether oxygens (including phenoxy) is 1. The van der Waals surface area contributed by atoms with Gasteiger partial charge in [0.05, 0.1) is 29.9 Å². The molecule has 0 spiro atoms. The van der Waals surface area contributed by atoms with Gasteiger partial charge in [0.2, 0.25) is 5.91 Å². The number of carbonyl (C=O) groups is 2. The highest BCUT2D eigenvalue weighted by molar-refractivity contribution is 8.04. The third-order valence-electron chi connectivity index (χ3n) is 4.27. The summed E-state index contributed by atoms with van der Waals surface area (Å²) in [6.07, 6.45) is 0. The predicted molar refractivity (Wildman–Crippen MR) is 93.3 cm³/mol. The number of amides is 3. The minimum Gasteiger partial charge on any atom is -0.393 e. The van der Waals surface area contributed by atoms with Crippen LogP contribution in [0.2, 0.25) is 0 Å². The van der Waals surface area contributed by atoms with Gasteiger partial charge in [-0.3, -0.25) is 10.1 Å². The Balaban J connectivity index is 1.79. The van der Waals surface area contributed by atoms with E-state index in [1.165, 1.54) is 29.2 Å². The van der Waals surface area contributed by atoms with Crippen LogP contribution in [-0.2, 0) is 9.53 Å². The van der Waals surface area contributed by atoms with Crippen LogP contribution in [0.3, 0.4) is 0 Å². The zero-order valence-electron chi connectivity index (χ0n) is 13.8. The number of thioether (sulfide) groups is 1. The SMILES string of the molecule is N#CC1=C(N)SC(C(=O)NC(=O)N2CCOCC2)C1c1ccc(F)cc1. The molecular weight excluding hydrogens is 359 g/mol. The lowest BCUT2D eigenvalue weighted by molar-refractivity contribution is -0.119. The molecule has 2 aliphatic heterocycles. The van der Waals surface area contributed by atoms with Crippen LogP contribution in [0.5, 0.6) is 0 Å². The minimum atomic E-state index is -0.778. The van der Waals surface area contributed by atoms with Crippen molar-refractivity contribution in [1.82, 2.24) is 10.2 Å². The summed E-state index contributed by atoms with van der Waals surface area (Å²) in [7, 11) is 0. The molecule has 2 aliphatic rings. The number of benzene rings is 1. The van der Waals surface area contributed by atoms with Crippen LogP contribution >= 0.6 is 11.8 Å². The summed E-state index contributed by atoms with van der Waals surface area (Å²) in [4.78, 5) is 26.4.